The molecule has 3 aromatic rings. The monoisotopic (exact) mass is 467 g/mol. The lowest BCUT2D eigenvalue weighted by Gasteiger charge is -2.31. The minimum absolute atomic E-state index is 0.00915. The number of aryl methyl sites for hydroxylation is 1. The SMILES string of the molecule is Cc1ccc([C@@H](C(=O)NC2CCCC2)N(C(=O)CNC(=O)c2ccco2)c2ccc(F)cc2)o1. The largest absolute Gasteiger partial charge is 0.464 e. The Morgan fingerprint density at radius 1 is 1.09 bits per heavy atom. The molecule has 0 bridgehead atoms. The molecule has 1 aliphatic carbocycles. The number of furan rings is 2. The Morgan fingerprint density at radius 3 is 2.44 bits per heavy atom. The molecule has 0 unspecified atom stereocenters. The molecule has 4 rings (SSSR count). The second-order valence-electron chi connectivity index (χ2n) is 8.24. The van der Waals surface area contributed by atoms with Crippen LogP contribution < -0.4 is 15.5 Å². The summed E-state index contributed by atoms with van der Waals surface area (Å²) in [6.45, 7) is 1.33. The summed E-state index contributed by atoms with van der Waals surface area (Å²) in [5.41, 5.74) is 0.291. The summed E-state index contributed by atoms with van der Waals surface area (Å²) < 4.78 is 24.5. The van der Waals surface area contributed by atoms with Crippen LogP contribution >= 0.6 is 0 Å². The van der Waals surface area contributed by atoms with E-state index < -0.39 is 36.1 Å². The van der Waals surface area contributed by atoms with E-state index in [9.17, 15) is 18.8 Å². The standard InChI is InChI=1S/C25H26FN3O5/c1-16-8-13-20(34-16)23(25(32)28-18-5-2-3-6-18)29(19-11-9-17(26)10-12-19)22(30)15-27-24(31)21-7-4-14-33-21/h4,7-14,18,23H,2-3,5-6,15H2,1H3,(H,27,31)(H,28,32)/t23-/m0/s1. The van der Waals surface area contributed by atoms with E-state index in [4.69, 9.17) is 8.83 Å². The van der Waals surface area contributed by atoms with E-state index in [-0.39, 0.29) is 17.6 Å². The fourth-order valence-electron chi connectivity index (χ4n) is 4.10. The molecule has 1 atom stereocenters. The van der Waals surface area contributed by atoms with Crippen LogP contribution in [0.2, 0.25) is 0 Å². The number of nitrogens with one attached hydrogen (secondary N) is 2. The van der Waals surface area contributed by atoms with E-state index in [1.807, 2.05) is 0 Å². The Bertz CT molecular complexity index is 1130. The first kappa shape index (κ1) is 23.3. The molecule has 1 aromatic carbocycles. The third-order valence-electron chi connectivity index (χ3n) is 5.76. The lowest BCUT2D eigenvalue weighted by molar-refractivity contribution is -0.127. The van der Waals surface area contributed by atoms with Crippen LogP contribution in [0.25, 0.3) is 0 Å². The molecule has 8 nitrogen and oxygen atoms in total. The van der Waals surface area contributed by atoms with Crippen molar-refractivity contribution in [3.63, 3.8) is 0 Å². The maximum Gasteiger partial charge on any atom is 0.287 e. The van der Waals surface area contributed by atoms with Crippen LogP contribution in [-0.4, -0.2) is 30.3 Å². The third-order valence-corrected chi connectivity index (χ3v) is 5.76. The van der Waals surface area contributed by atoms with Crippen LogP contribution in [0.3, 0.4) is 0 Å². The molecule has 9 heteroatoms. The number of halogens is 1. The number of carbonyl (C=O) groups is 3. The molecule has 0 aliphatic heterocycles. The summed E-state index contributed by atoms with van der Waals surface area (Å²) in [6, 6.07) is 10.5. The summed E-state index contributed by atoms with van der Waals surface area (Å²) in [5.74, 6) is -1.14. The second-order valence-corrected chi connectivity index (χ2v) is 8.24. The molecule has 3 amide bonds. The van der Waals surface area contributed by atoms with Crippen molar-refractivity contribution in [2.24, 2.45) is 0 Å². The van der Waals surface area contributed by atoms with Gasteiger partial charge in [-0.2, -0.15) is 0 Å². The van der Waals surface area contributed by atoms with Crippen molar-refractivity contribution >= 4 is 23.4 Å². The molecule has 178 valence electrons. The highest BCUT2D eigenvalue weighted by Gasteiger charge is 2.36. The average molecular weight is 467 g/mol. The second kappa shape index (κ2) is 10.4. The summed E-state index contributed by atoms with van der Waals surface area (Å²) >= 11 is 0. The summed E-state index contributed by atoms with van der Waals surface area (Å²) in [4.78, 5) is 40.4. The Balaban J connectivity index is 1.65. The van der Waals surface area contributed by atoms with Gasteiger partial charge in [0.25, 0.3) is 11.8 Å². The van der Waals surface area contributed by atoms with Gasteiger partial charge >= 0.3 is 0 Å². The summed E-state index contributed by atoms with van der Waals surface area (Å²) in [6.07, 6.45) is 5.12. The fraction of sp³-hybridized carbons (Fsp3) is 0.320. The smallest absolute Gasteiger partial charge is 0.287 e. The van der Waals surface area contributed by atoms with Crippen molar-refractivity contribution in [1.82, 2.24) is 10.6 Å². The van der Waals surface area contributed by atoms with Gasteiger partial charge in [0.15, 0.2) is 11.8 Å². The molecule has 1 aliphatic rings. The molecule has 34 heavy (non-hydrogen) atoms. The highest BCUT2D eigenvalue weighted by Crippen LogP contribution is 2.30. The molecule has 0 radical (unpaired) electrons. The normalized spacial score (nSPS) is 14.5. The lowest BCUT2D eigenvalue weighted by atomic mass is 10.1. The van der Waals surface area contributed by atoms with Gasteiger partial charge in [-0.25, -0.2) is 4.39 Å². The highest BCUT2D eigenvalue weighted by atomic mass is 19.1. The topological polar surface area (TPSA) is 105 Å². The van der Waals surface area contributed by atoms with Gasteiger partial charge in [-0.05, 0) is 68.3 Å². The first-order valence-electron chi connectivity index (χ1n) is 11.2. The van der Waals surface area contributed by atoms with Gasteiger partial charge in [0, 0.05) is 11.7 Å². The number of carbonyl (C=O) groups excluding carboxylic acids is 3. The highest BCUT2D eigenvalue weighted by molar-refractivity contribution is 6.04. The van der Waals surface area contributed by atoms with Gasteiger partial charge in [0.1, 0.15) is 17.3 Å². The number of amides is 3. The van der Waals surface area contributed by atoms with Crippen molar-refractivity contribution in [2.45, 2.75) is 44.7 Å². The van der Waals surface area contributed by atoms with Crippen LogP contribution in [0.4, 0.5) is 10.1 Å². The van der Waals surface area contributed by atoms with Gasteiger partial charge in [-0.3, -0.25) is 19.3 Å². The first-order chi connectivity index (χ1) is 16.4. The van der Waals surface area contributed by atoms with Gasteiger partial charge < -0.3 is 19.5 Å². The minimum atomic E-state index is -1.15. The van der Waals surface area contributed by atoms with Crippen LogP contribution in [0.1, 0.15) is 53.8 Å². The Labute approximate surface area is 196 Å². The number of rotatable bonds is 8. The van der Waals surface area contributed by atoms with E-state index >= 15 is 0 Å². The zero-order chi connectivity index (χ0) is 24.1. The van der Waals surface area contributed by atoms with Crippen LogP contribution in [-0.2, 0) is 9.59 Å². The molecular weight excluding hydrogens is 441 g/mol. The number of hydrogen-bond acceptors (Lipinski definition) is 5. The van der Waals surface area contributed by atoms with Crippen molar-refractivity contribution < 1.29 is 27.6 Å². The van der Waals surface area contributed by atoms with Crippen LogP contribution in [0.15, 0.2) is 63.6 Å². The Kier molecular flexibility index (Phi) is 7.10. The van der Waals surface area contributed by atoms with Crippen molar-refractivity contribution in [1.29, 1.82) is 0 Å². The number of benzene rings is 1. The molecule has 2 heterocycles. The molecule has 0 spiro atoms. The van der Waals surface area contributed by atoms with Gasteiger partial charge in [-0.1, -0.05) is 12.8 Å². The third kappa shape index (κ3) is 5.36. The fourth-order valence-corrected chi connectivity index (χ4v) is 4.10. The quantitative estimate of drug-likeness (QED) is 0.523. The van der Waals surface area contributed by atoms with Crippen molar-refractivity contribution in [2.75, 3.05) is 11.4 Å². The van der Waals surface area contributed by atoms with Gasteiger partial charge in [0.2, 0.25) is 5.91 Å². The maximum absolute atomic E-state index is 13.7. The molecule has 0 saturated heterocycles. The first-order valence-corrected chi connectivity index (χ1v) is 11.2. The van der Waals surface area contributed by atoms with Crippen LogP contribution in [0, 0.1) is 12.7 Å². The predicted octanol–water partition coefficient (Wildman–Crippen LogP) is 3.88. The predicted molar refractivity (Wildman–Crippen MR) is 122 cm³/mol. The Morgan fingerprint density at radius 2 is 1.82 bits per heavy atom. The molecule has 1 fully saturated rings. The van der Waals surface area contributed by atoms with Crippen molar-refractivity contribution in [3.8, 4) is 0 Å². The van der Waals surface area contributed by atoms with Gasteiger partial charge in [0.05, 0.1) is 12.8 Å². The van der Waals surface area contributed by atoms with E-state index in [1.54, 1.807) is 25.1 Å². The molecule has 2 aromatic heterocycles. The van der Waals surface area contributed by atoms with Crippen molar-refractivity contribution in [3.05, 3.63) is 77.9 Å². The minimum Gasteiger partial charge on any atom is -0.464 e. The zero-order valence-electron chi connectivity index (χ0n) is 18.8. The lowest BCUT2D eigenvalue weighted by Crippen LogP contribution is -2.49. The molecule has 2 N–H and O–H groups in total. The summed E-state index contributed by atoms with van der Waals surface area (Å²) in [7, 11) is 0. The molecule has 1 saturated carbocycles. The number of nitrogens with zero attached hydrogens (tertiary/aromatic N) is 1. The van der Waals surface area contributed by atoms with E-state index in [1.165, 1.54) is 41.5 Å². The maximum atomic E-state index is 13.7. The van der Waals surface area contributed by atoms with E-state index in [0.29, 0.717) is 11.4 Å². The number of anilines is 1. The van der Waals surface area contributed by atoms with Crippen LogP contribution in [0.5, 0.6) is 0 Å². The Hall–Kier alpha value is -3.88. The van der Waals surface area contributed by atoms with E-state index in [2.05, 4.69) is 10.6 Å². The number of hydrogen-bond donors (Lipinski definition) is 2. The molecular formula is C25H26FN3O5. The average Bonchev–Trinajstić information content (AvgIpc) is 3.60. The van der Waals surface area contributed by atoms with Gasteiger partial charge in [-0.15, -0.1) is 0 Å². The summed E-state index contributed by atoms with van der Waals surface area (Å²) in [5, 5.41) is 5.53. The zero-order valence-corrected chi connectivity index (χ0v) is 18.8. The van der Waals surface area contributed by atoms with E-state index in [0.717, 1.165) is 25.7 Å².